The van der Waals surface area contributed by atoms with E-state index >= 15 is 0 Å². The maximum absolute atomic E-state index is 12.1. The van der Waals surface area contributed by atoms with Crippen molar-refractivity contribution in [2.24, 2.45) is 0 Å². The van der Waals surface area contributed by atoms with Crippen LogP contribution in [0, 0.1) is 0 Å². The molecule has 3 heterocycles. The standard InChI is InChI=1S/C15H13N5O2/c1-2-22-15(21)13-12-7-20-14(16-8-18-20)10-5-3-4-6-11(10)19(12)9-17-13/h3-6,8-9H,2,7H2,1H3. The first-order chi connectivity index (χ1) is 10.8. The highest BCUT2D eigenvalue weighted by molar-refractivity contribution is 5.89. The highest BCUT2D eigenvalue weighted by atomic mass is 16.5. The van der Waals surface area contributed by atoms with Gasteiger partial charge < -0.3 is 4.74 Å². The molecule has 0 atom stereocenters. The Hall–Kier alpha value is -2.96. The van der Waals surface area contributed by atoms with E-state index in [1.165, 1.54) is 6.33 Å². The molecule has 2 aromatic heterocycles. The van der Waals surface area contributed by atoms with Gasteiger partial charge in [0.1, 0.15) is 12.7 Å². The van der Waals surface area contributed by atoms with Crippen LogP contribution in [0.2, 0.25) is 0 Å². The highest BCUT2D eigenvalue weighted by Gasteiger charge is 2.26. The van der Waals surface area contributed by atoms with Gasteiger partial charge in [0.05, 0.1) is 24.5 Å². The van der Waals surface area contributed by atoms with Crippen LogP contribution < -0.4 is 0 Å². The molecule has 0 radical (unpaired) electrons. The van der Waals surface area contributed by atoms with Crippen molar-refractivity contribution in [3.05, 3.63) is 48.3 Å². The molecular weight excluding hydrogens is 282 g/mol. The summed E-state index contributed by atoms with van der Waals surface area (Å²) in [6.07, 6.45) is 3.16. The van der Waals surface area contributed by atoms with E-state index in [9.17, 15) is 4.79 Å². The first kappa shape index (κ1) is 12.8. The number of carbonyl (C=O) groups is 1. The maximum atomic E-state index is 12.1. The van der Waals surface area contributed by atoms with Crippen molar-refractivity contribution >= 4 is 5.97 Å². The van der Waals surface area contributed by atoms with Gasteiger partial charge in [-0.25, -0.2) is 19.4 Å². The Kier molecular flexibility index (Phi) is 2.78. The summed E-state index contributed by atoms with van der Waals surface area (Å²) in [5.41, 5.74) is 2.94. The minimum atomic E-state index is -0.419. The molecule has 3 aromatic rings. The second-order valence-corrected chi connectivity index (χ2v) is 4.89. The number of fused-ring (bicyclic) bond motifs is 5. The van der Waals surface area contributed by atoms with E-state index < -0.39 is 5.97 Å². The number of hydrogen-bond donors (Lipinski definition) is 0. The molecule has 0 amide bonds. The molecule has 7 heteroatoms. The average Bonchev–Trinajstić information content (AvgIpc) is 3.13. The van der Waals surface area contributed by atoms with Crippen LogP contribution in [0.5, 0.6) is 0 Å². The lowest BCUT2D eigenvalue weighted by atomic mass is 10.1. The molecule has 1 aliphatic rings. The zero-order chi connectivity index (χ0) is 15.1. The molecule has 110 valence electrons. The number of ether oxygens (including phenoxy) is 1. The molecule has 0 aliphatic carbocycles. The normalized spacial score (nSPS) is 12.0. The number of nitrogens with zero attached hydrogens (tertiary/aromatic N) is 5. The summed E-state index contributed by atoms with van der Waals surface area (Å²) in [5, 5.41) is 4.25. The monoisotopic (exact) mass is 295 g/mol. The molecule has 7 nitrogen and oxygen atoms in total. The zero-order valence-electron chi connectivity index (χ0n) is 11.9. The van der Waals surface area contributed by atoms with Crippen LogP contribution in [0.25, 0.3) is 17.1 Å². The third kappa shape index (κ3) is 1.75. The van der Waals surface area contributed by atoms with Crippen LogP contribution in [0.15, 0.2) is 36.9 Å². The van der Waals surface area contributed by atoms with Crippen LogP contribution in [-0.2, 0) is 11.3 Å². The second kappa shape index (κ2) is 4.80. The number of para-hydroxylation sites is 1. The highest BCUT2D eigenvalue weighted by Crippen LogP contribution is 2.30. The number of esters is 1. The Morgan fingerprint density at radius 3 is 3.05 bits per heavy atom. The van der Waals surface area contributed by atoms with E-state index in [0.717, 1.165) is 22.8 Å². The molecule has 0 fully saturated rings. The molecule has 22 heavy (non-hydrogen) atoms. The molecule has 0 N–H and O–H groups in total. The molecule has 0 bridgehead atoms. The van der Waals surface area contributed by atoms with E-state index in [1.807, 2.05) is 28.8 Å². The van der Waals surface area contributed by atoms with E-state index in [4.69, 9.17) is 4.74 Å². The summed E-state index contributed by atoms with van der Waals surface area (Å²) in [6.45, 7) is 2.51. The molecule has 0 saturated carbocycles. The topological polar surface area (TPSA) is 74.8 Å². The van der Waals surface area contributed by atoms with Crippen molar-refractivity contribution in [3.8, 4) is 17.1 Å². The molecule has 4 rings (SSSR count). The molecule has 1 aliphatic heterocycles. The number of hydrogen-bond acceptors (Lipinski definition) is 5. The number of benzene rings is 1. The Balaban J connectivity index is 1.96. The van der Waals surface area contributed by atoms with E-state index in [0.29, 0.717) is 18.8 Å². The molecule has 0 saturated heterocycles. The van der Waals surface area contributed by atoms with Crippen LogP contribution in [0.4, 0.5) is 0 Å². The van der Waals surface area contributed by atoms with Crippen LogP contribution >= 0.6 is 0 Å². The fourth-order valence-corrected chi connectivity index (χ4v) is 2.71. The summed E-state index contributed by atoms with van der Waals surface area (Å²) in [7, 11) is 0. The SMILES string of the molecule is CCOC(=O)c1ncn2c1Cn1ncnc1-c1ccccc1-2. The van der Waals surface area contributed by atoms with Crippen molar-refractivity contribution in [1.82, 2.24) is 24.3 Å². The Bertz CT molecular complexity index is 864. The van der Waals surface area contributed by atoms with Gasteiger partial charge in [-0.3, -0.25) is 4.57 Å². The van der Waals surface area contributed by atoms with Gasteiger partial charge in [-0.05, 0) is 19.1 Å². The molecular formula is C15H13N5O2. The minimum Gasteiger partial charge on any atom is -0.461 e. The maximum Gasteiger partial charge on any atom is 0.358 e. The smallest absolute Gasteiger partial charge is 0.358 e. The molecule has 0 spiro atoms. The Morgan fingerprint density at radius 2 is 2.18 bits per heavy atom. The third-order valence-electron chi connectivity index (χ3n) is 3.65. The van der Waals surface area contributed by atoms with Crippen LogP contribution in [-0.4, -0.2) is 36.9 Å². The summed E-state index contributed by atoms with van der Waals surface area (Å²) >= 11 is 0. The summed E-state index contributed by atoms with van der Waals surface area (Å²) in [4.78, 5) is 20.7. The fraction of sp³-hybridized carbons (Fsp3) is 0.200. The van der Waals surface area contributed by atoms with Crippen LogP contribution in [0.1, 0.15) is 23.1 Å². The van der Waals surface area contributed by atoms with Crippen molar-refractivity contribution in [1.29, 1.82) is 0 Å². The Labute approximate surface area is 126 Å². The lowest BCUT2D eigenvalue weighted by Crippen LogP contribution is -2.12. The molecule has 0 unspecified atom stereocenters. The van der Waals surface area contributed by atoms with Crippen LogP contribution in [0.3, 0.4) is 0 Å². The number of rotatable bonds is 2. The predicted octanol–water partition coefficient (Wildman–Crippen LogP) is 1.67. The summed E-state index contributed by atoms with van der Waals surface area (Å²) in [6, 6.07) is 7.85. The Morgan fingerprint density at radius 1 is 1.32 bits per heavy atom. The predicted molar refractivity (Wildman–Crippen MR) is 77.6 cm³/mol. The second-order valence-electron chi connectivity index (χ2n) is 4.89. The van der Waals surface area contributed by atoms with Gasteiger partial charge in [0.25, 0.3) is 0 Å². The minimum absolute atomic E-state index is 0.316. The van der Waals surface area contributed by atoms with Crippen molar-refractivity contribution in [2.45, 2.75) is 13.5 Å². The quantitative estimate of drug-likeness (QED) is 0.526. The van der Waals surface area contributed by atoms with Crippen molar-refractivity contribution in [2.75, 3.05) is 6.61 Å². The van der Waals surface area contributed by atoms with Gasteiger partial charge in [-0.1, -0.05) is 12.1 Å². The first-order valence-corrected chi connectivity index (χ1v) is 7.00. The van der Waals surface area contributed by atoms with Gasteiger partial charge in [-0.2, -0.15) is 5.10 Å². The van der Waals surface area contributed by atoms with E-state index in [2.05, 4.69) is 15.1 Å². The first-order valence-electron chi connectivity index (χ1n) is 7.00. The fourth-order valence-electron chi connectivity index (χ4n) is 2.71. The van der Waals surface area contributed by atoms with Gasteiger partial charge in [0, 0.05) is 5.56 Å². The lowest BCUT2D eigenvalue weighted by molar-refractivity contribution is 0.0518. The van der Waals surface area contributed by atoms with Gasteiger partial charge in [0.2, 0.25) is 0 Å². The summed E-state index contributed by atoms with van der Waals surface area (Å²) in [5.74, 6) is 0.353. The van der Waals surface area contributed by atoms with E-state index in [1.54, 1.807) is 17.9 Å². The third-order valence-corrected chi connectivity index (χ3v) is 3.65. The largest absolute Gasteiger partial charge is 0.461 e. The van der Waals surface area contributed by atoms with Gasteiger partial charge >= 0.3 is 5.97 Å². The number of carbonyl (C=O) groups excluding carboxylic acids is 1. The van der Waals surface area contributed by atoms with Crippen molar-refractivity contribution in [3.63, 3.8) is 0 Å². The summed E-state index contributed by atoms with van der Waals surface area (Å²) < 4.78 is 8.76. The number of imidazole rings is 1. The van der Waals surface area contributed by atoms with E-state index in [-0.39, 0.29) is 0 Å². The zero-order valence-corrected chi connectivity index (χ0v) is 11.9. The number of aromatic nitrogens is 5. The van der Waals surface area contributed by atoms with Gasteiger partial charge in [-0.15, -0.1) is 0 Å². The molecule has 1 aromatic carbocycles. The lowest BCUT2D eigenvalue weighted by Gasteiger charge is -2.08. The average molecular weight is 295 g/mol. The van der Waals surface area contributed by atoms with Crippen molar-refractivity contribution < 1.29 is 9.53 Å². The van der Waals surface area contributed by atoms with Gasteiger partial charge in [0.15, 0.2) is 11.5 Å².